The van der Waals surface area contributed by atoms with E-state index in [1.54, 1.807) is 18.2 Å². The lowest BCUT2D eigenvalue weighted by molar-refractivity contribution is -0.144. The zero-order valence-electron chi connectivity index (χ0n) is 12.5. The van der Waals surface area contributed by atoms with E-state index in [-0.39, 0.29) is 18.3 Å². The number of esters is 1. The maximum absolute atomic E-state index is 11.8. The molecule has 0 fully saturated rings. The molecule has 23 heavy (non-hydrogen) atoms. The second kappa shape index (κ2) is 8.60. The smallest absolute Gasteiger partial charge is 0.316 e. The molecule has 0 aliphatic carbocycles. The summed E-state index contributed by atoms with van der Waals surface area (Å²) in [6.45, 7) is 1.53. The van der Waals surface area contributed by atoms with Crippen LogP contribution in [0.4, 0.5) is 5.69 Å². The SMILES string of the molecule is Cc1cc(Cl)ccc1NC(=O)COC(=O)CSc1ccccc1. The molecule has 0 aliphatic rings. The van der Waals surface area contributed by atoms with Gasteiger partial charge >= 0.3 is 5.97 Å². The van der Waals surface area contributed by atoms with Crippen molar-refractivity contribution in [2.75, 3.05) is 17.7 Å². The third-order valence-electron chi connectivity index (χ3n) is 2.93. The lowest BCUT2D eigenvalue weighted by Gasteiger charge is -2.09. The second-order valence-corrected chi connectivity index (χ2v) is 6.26. The van der Waals surface area contributed by atoms with Gasteiger partial charge in [0.25, 0.3) is 5.91 Å². The minimum absolute atomic E-state index is 0.164. The number of nitrogens with one attached hydrogen (secondary N) is 1. The fraction of sp³-hybridized carbons (Fsp3) is 0.176. The average molecular weight is 350 g/mol. The third kappa shape index (κ3) is 5.96. The van der Waals surface area contributed by atoms with Crippen LogP contribution in [-0.4, -0.2) is 24.2 Å². The summed E-state index contributed by atoms with van der Waals surface area (Å²) < 4.78 is 4.96. The van der Waals surface area contributed by atoms with Gasteiger partial charge in [0.2, 0.25) is 0 Å². The molecule has 0 heterocycles. The summed E-state index contributed by atoms with van der Waals surface area (Å²) in [5, 5.41) is 3.29. The van der Waals surface area contributed by atoms with Crippen LogP contribution in [0.1, 0.15) is 5.56 Å². The van der Waals surface area contributed by atoms with E-state index in [4.69, 9.17) is 16.3 Å². The van der Waals surface area contributed by atoms with Crippen LogP contribution in [-0.2, 0) is 14.3 Å². The first-order chi connectivity index (χ1) is 11.0. The predicted octanol–water partition coefficient (Wildman–Crippen LogP) is 3.92. The molecule has 1 amide bonds. The first-order valence-electron chi connectivity index (χ1n) is 6.94. The molecule has 2 rings (SSSR count). The quantitative estimate of drug-likeness (QED) is 0.634. The fourth-order valence-corrected chi connectivity index (χ4v) is 2.74. The van der Waals surface area contributed by atoms with Gasteiger partial charge in [0.1, 0.15) is 0 Å². The van der Waals surface area contributed by atoms with Crippen LogP contribution in [0.2, 0.25) is 5.02 Å². The highest BCUT2D eigenvalue weighted by Crippen LogP contribution is 2.19. The van der Waals surface area contributed by atoms with E-state index in [1.165, 1.54) is 11.8 Å². The van der Waals surface area contributed by atoms with Gasteiger partial charge in [-0.1, -0.05) is 29.8 Å². The molecule has 0 aromatic heterocycles. The highest BCUT2D eigenvalue weighted by atomic mass is 35.5. The van der Waals surface area contributed by atoms with Gasteiger partial charge in [-0.25, -0.2) is 0 Å². The molecule has 2 aromatic rings. The minimum Gasteiger partial charge on any atom is -0.455 e. The Morgan fingerprint density at radius 1 is 1.17 bits per heavy atom. The molecule has 0 spiro atoms. The van der Waals surface area contributed by atoms with Crippen LogP contribution >= 0.6 is 23.4 Å². The molecule has 0 aliphatic heterocycles. The summed E-state index contributed by atoms with van der Waals surface area (Å²) in [6.07, 6.45) is 0. The Balaban J connectivity index is 1.74. The number of hydrogen-bond acceptors (Lipinski definition) is 4. The van der Waals surface area contributed by atoms with Gasteiger partial charge in [0.05, 0.1) is 5.75 Å². The van der Waals surface area contributed by atoms with Gasteiger partial charge in [-0.15, -0.1) is 11.8 Å². The van der Waals surface area contributed by atoms with Gasteiger partial charge in [0, 0.05) is 15.6 Å². The summed E-state index contributed by atoms with van der Waals surface area (Å²) in [7, 11) is 0. The number of carbonyl (C=O) groups is 2. The Morgan fingerprint density at radius 3 is 2.61 bits per heavy atom. The van der Waals surface area contributed by atoms with Crippen molar-refractivity contribution in [3.63, 3.8) is 0 Å². The summed E-state index contributed by atoms with van der Waals surface area (Å²) in [5.41, 5.74) is 1.49. The van der Waals surface area contributed by atoms with Gasteiger partial charge < -0.3 is 10.1 Å². The van der Waals surface area contributed by atoms with Crippen LogP contribution in [0.3, 0.4) is 0 Å². The molecule has 1 N–H and O–H groups in total. The summed E-state index contributed by atoms with van der Waals surface area (Å²) in [5.74, 6) is -0.646. The van der Waals surface area contributed by atoms with E-state index in [0.29, 0.717) is 10.7 Å². The number of halogens is 1. The number of aryl methyl sites for hydroxylation is 1. The number of thioether (sulfide) groups is 1. The molecule has 0 bridgehead atoms. The van der Waals surface area contributed by atoms with Crippen LogP contribution in [0.15, 0.2) is 53.4 Å². The number of benzene rings is 2. The maximum atomic E-state index is 11.8. The Morgan fingerprint density at radius 2 is 1.91 bits per heavy atom. The Hall–Kier alpha value is -1.98. The molecule has 2 aromatic carbocycles. The highest BCUT2D eigenvalue weighted by Gasteiger charge is 2.09. The number of amides is 1. The van der Waals surface area contributed by atoms with Crippen molar-refractivity contribution in [1.82, 2.24) is 0 Å². The van der Waals surface area contributed by atoms with Crippen molar-refractivity contribution in [1.29, 1.82) is 0 Å². The topological polar surface area (TPSA) is 55.4 Å². The van der Waals surface area contributed by atoms with Gasteiger partial charge in [-0.05, 0) is 42.8 Å². The fourth-order valence-electron chi connectivity index (χ4n) is 1.80. The van der Waals surface area contributed by atoms with Crippen molar-refractivity contribution in [2.45, 2.75) is 11.8 Å². The Labute approximate surface area is 144 Å². The van der Waals surface area contributed by atoms with Crippen LogP contribution in [0.25, 0.3) is 0 Å². The molecule has 0 atom stereocenters. The van der Waals surface area contributed by atoms with E-state index in [0.717, 1.165) is 10.5 Å². The van der Waals surface area contributed by atoms with E-state index in [2.05, 4.69) is 5.32 Å². The molecule has 0 saturated carbocycles. The van der Waals surface area contributed by atoms with E-state index in [9.17, 15) is 9.59 Å². The van der Waals surface area contributed by atoms with E-state index in [1.807, 2.05) is 37.3 Å². The molecule has 4 nitrogen and oxygen atoms in total. The molecule has 0 radical (unpaired) electrons. The highest BCUT2D eigenvalue weighted by molar-refractivity contribution is 8.00. The lowest BCUT2D eigenvalue weighted by atomic mass is 10.2. The molecule has 120 valence electrons. The first-order valence-corrected chi connectivity index (χ1v) is 8.30. The standard InChI is InChI=1S/C17H16ClNO3S/c1-12-9-13(18)7-8-15(12)19-16(20)10-22-17(21)11-23-14-5-3-2-4-6-14/h2-9H,10-11H2,1H3,(H,19,20). The summed E-state index contributed by atoms with van der Waals surface area (Å²) in [4.78, 5) is 24.4. The van der Waals surface area contributed by atoms with Crippen molar-refractivity contribution in [3.05, 3.63) is 59.1 Å². The average Bonchev–Trinajstić information content (AvgIpc) is 2.54. The normalized spacial score (nSPS) is 10.2. The Bertz CT molecular complexity index is 691. The van der Waals surface area contributed by atoms with Gasteiger partial charge in [-0.3, -0.25) is 9.59 Å². The molecule has 6 heteroatoms. The molecule has 0 saturated heterocycles. The third-order valence-corrected chi connectivity index (χ3v) is 4.15. The van der Waals surface area contributed by atoms with Crippen LogP contribution < -0.4 is 5.32 Å². The van der Waals surface area contributed by atoms with E-state index >= 15 is 0 Å². The first kappa shape index (κ1) is 17.4. The van der Waals surface area contributed by atoms with E-state index < -0.39 is 5.97 Å². The van der Waals surface area contributed by atoms with Crippen molar-refractivity contribution >= 4 is 40.9 Å². The monoisotopic (exact) mass is 349 g/mol. The maximum Gasteiger partial charge on any atom is 0.316 e. The lowest BCUT2D eigenvalue weighted by Crippen LogP contribution is -2.22. The summed E-state index contributed by atoms with van der Waals surface area (Å²) >= 11 is 7.22. The second-order valence-electron chi connectivity index (χ2n) is 4.77. The zero-order chi connectivity index (χ0) is 16.7. The number of rotatable bonds is 6. The van der Waals surface area contributed by atoms with Crippen molar-refractivity contribution in [3.8, 4) is 0 Å². The predicted molar refractivity (Wildman–Crippen MR) is 92.9 cm³/mol. The Kier molecular flexibility index (Phi) is 6.50. The van der Waals surface area contributed by atoms with Gasteiger partial charge in [-0.2, -0.15) is 0 Å². The van der Waals surface area contributed by atoms with Crippen molar-refractivity contribution < 1.29 is 14.3 Å². The largest absolute Gasteiger partial charge is 0.455 e. The number of ether oxygens (including phenoxy) is 1. The van der Waals surface area contributed by atoms with Crippen molar-refractivity contribution in [2.24, 2.45) is 0 Å². The molecule has 0 unspecified atom stereocenters. The van der Waals surface area contributed by atoms with Crippen LogP contribution in [0.5, 0.6) is 0 Å². The minimum atomic E-state index is -0.429. The summed E-state index contributed by atoms with van der Waals surface area (Å²) in [6, 6.07) is 14.7. The number of anilines is 1. The van der Waals surface area contributed by atoms with Gasteiger partial charge in [0.15, 0.2) is 6.61 Å². The number of hydrogen-bond donors (Lipinski definition) is 1. The molecular weight excluding hydrogens is 334 g/mol. The molecular formula is C17H16ClNO3S. The zero-order valence-corrected chi connectivity index (χ0v) is 14.1. The number of carbonyl (C=O) groups excluding carboxylic acids is 2. The van der Waals surface area contributed by atoms with Crippen LogP contribution in [0, 0.1) is 6.92 Å².